The summed E-state index contributed by atoms with van der Waals surface area (Å²) in [6.45, 7) is 7.41. The Balaban J connectivity index is 2.30. The first-order valence-electron chi connectivity index (χ1n) is 7.12. The maximum absolute atomic E-state index is 13.6. The minimum atomic E-state index is -2.70. The molecule has 1 aliphatic rings. The molecule has 98 valence electrons. The van der Waals surface area contributed by atoms with Gasteiger partial charge in [0.1, 0.15) is 5.82 Å². The SMILES string of the molecule is [2H]C([2H])([2H])Oc1cc(F)cc(B2OC(C)(C)C(C)(C)O2)n1. The Kier molecular flexibility index (Phi) is 2.28. The van der Waals surface area contributed by atoms with Gasteiger partial charge in [-0.2, -0.15) is 0 Å². The fraction of sp³-hybridized carbons (Fsp3) is 0.583. The number of methoxy groups -OCH3 is 1. The third kappa shape index (κ3) is 2.22. The molecule has 1 saturated heterocycles. The number of rotatable bonds is 2. The minimum Gasteiger partial charge on any atom is -0.481 e. The van der Waals surface area contributed by atoms with Crippen molar-refractivity contribution in [3.63, 3.8) is 0 Å². The second kappa shape index (κ2) is 4.21. The van der Waals surface area contributed by atoms with Gasteiger partial charge in [-0.1, -0.05) is 0 Å². The van der Waals surface area contributed by atoms with Crippen molar-refractivity contribution < 1.29 is 22.5 Å². The molecular formula is C12H17BFNO3. The zero-order valence-electron chi connectivity index (χ0n) is 13.8. The zero-order valence-corrected chi connectivity index (χ0v) is 10.8. The summed E-state index contributed by atoms with van der Waals surface area (Å²) in [6.07, 6.45) is 0. The highest BCUT2D eigenvalue weighted by Gasteiger charge is 2.52. The van der Waals surface area contributed by atoms with Crippen LogP contribution in [0.15, 0.2) is 12.1 Å². The van der Waals surface area contributed by atoms with Crippen molar-refractivity contribution in [2.75, 3.05) is 7.04 Å². The molecule has 1 aliphatic heterocycles. The Morgan fingerprint density at radius 1 is 1.28 bits per heavy atom. The first-order chi connectivity index (χ1) is 9.40. The summed E-state index contributed by atoms with van der Waals surface area (Å²) in [4.78, 5) is 3.96. The van der Waals surface area contributed by atoms with Gasteiger partial charge in [0.25, 0.3) is 0 Å². The molecule has 4 nitrogen and oxygen atoms in total. The normalized spacial score (nSPS) is 24.3. The highest BCUT2D eigenvalue weighted by molar-refractivity contribution is 6.61. The van der Waals surface area contributed by atoms with Crippen molar-refractivity contribution >= 4 is 12.7 Å². The molecule has 2 heterocycles. The van der Waals surface area contributed by atoms with Gasteiger partial charge in [-0.15, -0.1) is 0 Å². The van der Waals surface area contributed by atoms with Gasteiger partial charge < -0.3 is 14.0 Å². The van der Waals surface area contributed by atoms with E-state index in [2.05, 4.69) is 9.72 Å². The van der Waals surface area contributed by atoms with E-state index in [1.54, 1.807) is 0 Å². The van der Waals surface area contributed by atoms with Crippen LogP contribution in [-0.2, 0) is 9.31 Å². The second-order valence-electron chi connectivity index (χ2n) is 5.24. The molecule has 1 aromatic rings. The van der Waals surface area contributed by atoms with Crippen LogP contribution in [0.3, 0.4) is 0 Å². The van der Waals surface area contributed by atoms with Crippen LogP contribution in [0.25, 0.3) is 0 Å². The Bertz CT molecular complexity index is 535. The van der Waals surface area contributed by atoms with E-state index >= 15 is 0 Å². The van der Waals surface area contributed by atoms with Gasteiger partial charge >= 0.3 is 7.12 Å². The van der Waals surface area contributed by atoms with Crippen molar-refractivity contribution in [3.8, 4) is 5.88 Å². The van der Waals surface area contributed by atoms with E-state index in [0.717, 1.165) is 12.1 Å². The van der Waals surface area contributed by atoms with E-state index in [9.17, 15) is 4.39 Å². The lowest BCUT2D eigenvalue weighted by Crippen LogP contribution is -2.41. The molecule has 0 aliphatic carbocycles. The van der Waals surface area contributed by atoms with Crippen LogP contribution in [0, 0.1) is 5.82 Å². The predicted octanol–water partition coefficient (Wildman–Crippen LogP) is 1.53. The number of hydrogen-bond acceptors (Lipinski definition) is 4. The summed E-state index contributed by atoms with van der Waals surface area (Å²) in [5.41, 5.74) is -1.07. The van der Waals surface area contributed by atoms with E-state index < -0.39 is 31.2 Å². The fourth-order valence-electron chi connectivity index (χ4n) is 1.63. The average Bonchev–Trinajstić information content (AvgIpc) is 2.44. The summed E-state index contributed by atoms with van der Waals surface area (Å²) in [7, 11) is -3.58. The molecule has 6 heteroatoms. The molecule has 1 fully saturated rings. The summed E-state index contributed by atoms with van der Waals surface area (Å²) >= 11 is 0. The minimum absolute atomic E-state index is 0.132. The monoisotopic (exact) mass is 256 g/mol. The van der Waals surface area contributed by atoms with Crippen LogP contribution in [0.2, 0.25) is 0 Å². The topological polar surface area (TPSA) is 40.6 Å². The average molecular weight is 256 g/mol. The highest BCUT2D eigenvalue weighted by atomic mass is 19.1. The number of pyridine rings is 1. The number of halogens is 1. The largest absolute Gasteiger partial charge is 0.514 e. The third-order valence-electron chi connectivity index (χ3n) is 3.39. The van der Waals surface area contributed by atoms with Crippen LogP contribution in [0.1, 0.15) is 31.8 Å². The standard InChI is InChI=1S/C12H17BFNO3/c1-11(2)12(3,4)18-13(17-11)9-6-8(14)7-10(15-9)16-5/h6-7H,1-5H3/i5D3. The van der Waals surface area contributed by atoms with Gasteiger partial charge in [0, 0.05) is 6.07 Å². The van der Waals surface area contributed by atoms with Gasteiger partial charge in [0.15, 0.2) is 0 Å². The summed E-state index contributed by atoms with van der Waals surface area (Å²) in [5, 5.41) is 0. The molecule has 0 N–H and O–H groups in total. The number of aromatic nitrogens is 1. The third-order valence-corrected chi connectivity index (χ3v) is 3.39. The molecule has 18 heavy (non-hydrogen) atoms. The van der Waals surface area contributed by atoms with Crippen molar-refractivity contribution in [1.29, 1.82) is 0 Å². The maximum Gasteiger partial charge on any atom is 0.514 e. The molecule has 0 unspecified atom stereocenters. The fourth-order valence-corrected chi connectivity index (χ4v) is 1.63. The van der Waals surface area contributed by atoms with E-state index in [-0.39, 0.29) is 11.5 Å². The van der Waals surface area contributed by atoms with Gasteiger partial charge in [-0.25, -0.2) is 9.37 Å². The van der Waals surface area contributed by atoms with Crippen molar-refractivity contribution in [2.45, 2.75) is 38.9 Å². The Labute approximate surface area is 111 Å². The lowest BCUT2D eigenvalue weighted by molar-refractivity contribution is 0.00578. The van der Waals surface area contributed by atoms with E-state index in [0.29, 0.717) is 0 Å². The van der Waals surface area contributed by atoms with Crippen LogP contribution >= 0.6 is 0 Å². The second-order valence-corrected chi connectivity index (χ2v) is 5.24. The van der Waals surface area contributed by atoms with Gasteiger partial charge in [0.2, 0.25) is 5.88 Å². The molecule has 0 amide bonds. The number of hydrogen-bond donors (Lipinski definition) is 0. The maximum atomic E-state index is 13.6. The van der Waals surface area contributed by atoms with Crippen molar-refractivity contribution in [1.82, 2.24) is 4.98 Å². The Hall–Kier alpha value is -1.14. The number of nitrogens with zero attached hydrogens (tertiary/aromatic N) is 1. The van der Waals surface area contributed by atoms with Crippen LogP contribution in [0.5, 0.6) is 5.88 Å². The zero-order chi connectivity index (χ0) is 16.1. The van der Waals surface area contributed by atoms with Gasteiger partial charge in [0.05, 0.1) is 27.9 Å². The lowest BCUT2D eigenvalue weighted by Gasteiger charge is -2.32. The highest BCUT2D eigenvalue weighted by Crippen LogP contribution is 2.36. The summed E-state index contributed by atoms with van der Waals surface area (Å²) in [6, 6.07) is 2.04. The smallest absolute Gasteiger partial charge is 0.481 e. The molecule has 0 radical (unpaired) electrons. The van der Waals surface area contributed by atoms with Crippen molar-refractivity contribution in [2.24, 2.45) is 0 Å². The van der Waals surface area contributed by atoms with Crippen LogP contribution in [0.4, 0.5) is 4.39 Å². The van der Waals surface area contributed by atoms with Crippen LogP contribution in [-0.4, -0.2) is 30.3 Å². The lowest BCUT2D eigenvalue weighted by atomic mass is 9.84. The first-order valence-corrected chi connectivity index (χ1v) is 5.62. The summed E-state index contributed by atoms with van der Waals surface area (Å²) < 4.78 is 50.8. The van der Waals surface area contributed by atoms with Gasteiger partial charge in [-0.3, -0.25) is 0 Å². The molecule has 0 atom stereocenters. The van der Waals surface area contributed by atoms with Crippen LogP contribution < -0.4 is 10.3 Å². The molecule has 0 spiro atoms. The molecule has 0 aromatic carbocycles. The van der Waals surface area contributed by atoms with Gasteiger partial charge in [-0.05, 0) is 33.8 Å². The number of ether oxygens (including phenoxy) is 1. The Morgan fingerprint density at radius 2 is 1.89 bits per heavy atom. The van der Waals surface area contributed by atoms with Crippen molar-refractivity contribution in [3.05, 3.63) is 17.9 Å². The Morgan fingerprint density at radius 3 is 2.44 bits per heavy atom. The van der Waals surface area contributed by atoms with E-state index in [1.165, 1.54) is 0 Å². The predicted molar refractivity (Wildman–Crippen MR) is 66.5 cm³/mol. The molecular weight excluding hydrogens is 236 g/mol. The quantitative estimate of drug-likeness (QED) is 0.752. The van der Waals surface area contributed by atoms with E-state index in [4.69, 9.17) is 13.4 Å². The molecule has 0 bridgehead atoms. The molecule has 0 saturated carbocycles. The van der Waals surface area contributed by atoms with E-state index in [1.807, 2.05) is 27.7 Å². The molecule has 2 rings (SSSR count). The summed E-state index contributed by atoms with van der Waals surface area (Å²) in [5.74, 6) is -1.01. The molecule has 1 aromatic heterocycles. The first kappa shape index (κ1) is 9.75.